The molecule has 0 radical (unpaired) electrons. The van der Waals surface area contributed by atoms with Crippen molar-refractivity contribution in [2.24, 2.45) is 10.8 Å². The molecule has 3 aliphatic carbocycles. The molecule has 2 amide bonds. The number of urea groups is 1. The molecule has 1 aromatic heterocycles. The Morgan fingerprint density at radius 2 is 1.65 bits per heavy atom. The SMILES string of the molecule is COC1=CC(=O)c2c(O)c3c(c(O)c2C1=O)C(=O)[C@]1(CCc2c1c(O)c1c(=O)[nH]c(/C=N/N(C(N)=O)c4ccccc4)cc1c2Br)C3=O. The Hall–Kier alpha value is -6.09. The number of primary amides is 1. The second kappa shape index (κ2) is 10.5. The van der Waals surface area contributed by atoms with Crippen LogP contribution in [0.1, 0.15) is 64.7 Å². The van der Waals surface area contributed by atoms with Crippen molar-refractivity contribution >= 4 is 67.8 Å². The van der Waals surface area contributed by atoms with E-state index in [1.807, 2.05) is 0 Å². The number of nitrogens with zero attached hydrogens (tertiary/aromatic N) is 2. The molecule has 14 nitrogen and oxygen atoms in total. The van der Waals surface area contributed by atoms with Crippen molar-refractivity contribution in [1.29, 1.82) is 0 Å². The minimum Gasteiger partial charge on any atom is -0.507 e. The number of benzene rings is 3. The number of carbonyl (C=O) groups excluding carboxylic acids is 5. The largest absolute Gasteiger partial charge is 0.507 e. The molecule has 0 bridgehead atoms. The number of methoxy groups -OCH3 is 1. The fourth-order valence-electron chi connectivity index (χ4n) is 6.81. The van der Waals surface area contributed by atoms with Crippen LogP contribution in [0.2, 0.25) is 0 Å². The van der Waals surface area contributed by atoms with Crippen LogP contribution >= 0.6 is 15.9 Å². The number of anilines is 1. The van der Waals surface area contributed by atoms with Gasteiger partial charge in [-0.3, -0.25) is 24.0 Å². The molecule has 3 aromatic carbocycles. The van der Waals surface area contributed by atoms with Crippen LogP contribution in [0.3, 0.4) is 0 Å². The Labute approximate surface area is 276 Å². The number of para-hydroxylation sites is 1. The molecule has 0 saturated carbocycles. The van der Waals surface area contributed by atoms with Crippen LogP contribution in [-0.2, 0) is 16.6 Å². The molecule has 15 heteroatoms. The molecule has 3 aliphatic rings. The topological polar surface area (TPSA) is 230 Å². The third-order valence-electron chi connectivity index (χ3n) is 8.89. The smallest absolute Gasteiger partial charge is 0.340 e. The Morgan fingerprint density at radius 1 is 1.00 bits per heavy atom. The minimum absolute atomic E-state index is 0.0268. The number of ketones is 4. The molecular formula is C33H21BrN4O10. The van der Waals surface area contributed by atoms with Gasteiger partial charge in [0.05, 0.1) is 52.3 Å². The molecule has 7 rings (SSSR count). The van der Waals surface area contributed by atoms with Crippen molar-refractivity contribution in [3.8, 4) is 17.2 Å². The Balaban J connectivity index is 1.39. The lowest BCUT2D eigenvalue weighted by atomic mass is 9.76. The van der Waals surface area contributed by atoms with Crippen LogP contribution in [0.15, 0.2) is 62.6 Å². The first kappa shape index (κ1) is 30.6. The normalized spacial score (nSPS) is 18.0. The number of halogens is 1. The van der Waals surface area contributed by atoms with E-state index in [9.17, 15) is 44.1 Å². The van der Waals surface area contributed by atoms with E-state index in [0.29, 0.717) is 11.3 Å². The lowest BCUT2D eigenvalue weighted by Gasteiger charge is -2.23. The van der Waals surface area contributed by atoms with E-state index in [1.54, 1.807) is 30.3 Å². The predicted octanol–water partition coefficient (Wildman–Crippen LogP) is 3.50. The number of Topliss-reactive ketones (excluding diaryl/α,β-unsaturated/α-hetero) is 3. The zero-order chi connectivity index (χ0) is 34.4. The summed E-state index contributed by atoms with van der Waals surface area (Å²) in [6.45, 7) is 0. The number of H-pyrrole nitrogens is 1. The summed E-state index contributed by atoms with van der Waals surface area (Å²) in [6, 6.07) is 8.85. The number of carbonyl (C=O) groups is 5. The molecule has 1 atom stereocenters. The van der Waals surface area contributed by atoms with Crippen molar-refractivity contribution in [3.05, 3.63) is 102 Å². The number of amides is 2. The summed E-state index contributed by atoms with van der Waals surface area (Å²) in [5.74, 6) is -7.05. The summed E-state index contributed by atoms with van der Waals surface area (Å²) >= 11 is 3.47. The number of nitrogens with two attached hydrogens (primary N) is 1. The number of aromatic hydroxyl groups is 3. The van der Waals surface area contributed by atoms with E-state index >= 15 is 0 Å². The monoisotopic (exact) mass is 712 g/mol. The van der Waals surface area contributed by atoms with Gasteiger partial charge in [0.1, 0.15) is 22.7 Å². The van der Waals surface area contributed by atoms with Gasteiger partial charge in [-0.15, -0.1) is 0 Å². The summed E-state index contributed by atoms with van der Waals surface area (Å²) in [5.41, 5.74) is 0.287. The van der Waals surface area contributed by atoms with E-state index in [-0.39, 0.29) is 39.3 Å². The van der Waals surface area contributed by atoms with Crippen molar-refractivity contribution in [2.75, 3.05) is 12.1 Å². The van der Waals surface area contributed by atoms with Gasteiger partial charge in [-0.1, -0.05) is 18.2 Å². The molecular weight excluding hydrogens is 692 g/mol. The van der Waals surface area contributed by atoms with E-state index in [1.165, 1.54) is 12.3 Å². The first-order valence-electron chi connectivity index (χ1n) is 14.2. The van der Waals surface area contributed by atoms with Gasteiger partial charge in [-0.05, 0) is 52.5 Å². The quantitative estimate of drug-likeness (QED) is 0.0895. The van der Waals surface area contributed by atoms with Crippen LogP contribution in [0.5, 0.6) is 17.2 Å². The highest BCUT2D eigenvalue weighted by atomic mass is 79.9. The van der Waals surface area contributed by atoms with Gasteiger partial charge >= 0.3 is 6.03 Å². The number of hydrazone groups is 1. The fourth-order valence-corrected chi connectivity index (χ4v) is 7.52. The number of ether oxygens (including phenoxy) is 1. The Morgan fingerprint density at radius 3 is 2.27 bits per heavy atom. The minimum atomic E-state index is -2.20. The summed E-state index contributed by atoms with van der Waals surface area (Å²) in [7, 11) is 1.12. The highest BCUT2D eigenvalue weighted by Crippen LogP contribution is 2.58. The summed E-state index contributed by atoms with van der Waals surface area (Å²) in [4.78, 5) is 82.4. The van der Waals surface area contributed by atoms with Gasteiger partial charge in [0.25, 0.3) is 5.56 Å². The maximum absolute atomic E-state index is 14.2. The summed E-state index contributed by atoms with van der Waals surface area (Å²) in [6.07, 6.45) is 1.77. The standard InChI is InChI=1S/C33H21BrN4O10/c1-48-17-10-16(39)19-20(25(17)40)27(42)22-21(26(19)41)29(44)33(30(22)45)8-7-14-23(33)28(43)18-15(24(14)34)9-12(37-31(18)46)11-36-38(32(35)47)13-5-3-2-4-6-13/h2-6,9-11,41-43H,7-8H2,1H3,(H2,35,47)(H,37,46)/b36-11+/t33-/m0/s1. The lowest BCUT2D eigenvalue weighted by Crippen LogP contribution is -2.36. The van der Waals surface area contributed by atoms with Crippen LogP contribution < -0.4 is 16.3 Å². The number of fused-ring (bicyclic) bond motifs is 5. The molecule has 48 heavy (non-hydrogen) atoms. The number of rotatable bonds is 4. The highest BCUT2D eigenvalue weighted by molar-refractivity contribution is 9.10. The number of pyridine rings is 1. The number of hydrogen-bond acceptors (Lipinski definition) is 11. The number of aromatic amines is 1. The third kappa shape index (κ3) is 3.87. The van der Waals surface area contributed by atoms with Crippen LogP contribution in [0.25, 0.3) is 10.8 Å². The molecule has 0 saturated heterocycles. The number of aromatic nitrogens is 1. The van der Waals surface area contributed by atoms with Crippen LogP contribution in [0, 0.1) is 0 Å². The number of hydrogen-bond donors (Lipinski definition) is 5. The molecule has 4 aromatic rings. The van der Waals surface area contributed by atoms with Gasteiger partial charge in [0.15, 0.2) is 23.1 Å². The lowest BCUT2D eigenvalue weighted by molar-refractivity contribution is 0.0790. The molecule has 0 unspecified atom stereocenters. The van der Waals surface area contributed by atoms with Crippen molar-refractivity contribution in [1.82, 2.24) is 4.98 Å². The molecule has 240 valence electrons. The van der Waals surface area contributed by atoms with Gasteiger partial charge in [-0.25, -0.2) is 4.79 Å². The zero-order valence-corrected chi connectivity index (χ0v) is 26.2. The zero-order valence-electron chi connectivity index (χ0n) is 24.6. The molecule has 6 N–H and O–H groups in total. The summed E-state index contributed by atoms with van der Waals surface area (Å²) in [5, 5.41) is 38.9. The first-order chi connectivity index (χ1) is 22.8. The Bertz CT molecular complexity index is 2360. The average molecular weight is 713 g/mol. The molecule has 0 fully saturated rings. The maximum Gasteiger partial charge on any atom is 0.340 e. The van der Waals surface area contributed by atoms with E-state index in [4.69, 9.17) is 10.5 Å². The van der Waals surface area contributed by atoms with Crippen LogP contribution in [-0.4, -0.2) is 62.8 Å². The maximum atomic E-state index is 14.2. The van der Waals surface area contributed by atoms with Crippen molar-refractivity contribution < 1.29 is 44.0 Å². The predicted molar refractivity (Wildman–Crippen MR) is 172 cm³/mol. The van der Waals surface area contributed by atoms with E-state index < -0.39 is 85.4 Å². The highest BCUT2D eigenvalue weighted by Gasteiger charge is 2.62. The van der Waals surface area contributed by atoms with Gasteiger partial charge in [-0.2, -0.15) is 10.1 Å². The number of nitrogens with one attached hydrogen (secondary N) is 1. The van der Waals surface area contributed by atoms with E-state index in [2.05, 4.69) is 26.0 Å². The van der Waals surface area contributed by atoms with Crippen LogP contribution in [0.4, 0.5) is 10.5 Å². The molecule has 1 spiro atoms. The van der Waals surface area contributed by atoms with Crippen molar-refractivity contribution in [2.45, 2.75) is 18.3 Å². The molecule has 1 heterocycles. The third-order valence-corrected chi connectivity index (χ3v) is 9.79. The number of phenols is 3. The summed E-state index contributed by atoms with van der Waals surface area (Å²) < 4.78 is 5.19. The first-order valence-corrected chi connectivity index (χ1v) is 15.0. The second-order valence-corrected chi connectivity index (χ2v) is 12.0. The van der Waals surface area contributed by atoms with Gasteiger partial charge in [0, 0.05) is 21.5 Å². The number of phenolic OH excluding ortho intramolecular Hbond substituents is 3. The molecule has 0 aliphatic heterocycles. The fraction of sp³-hybridized carbons (Fsp3) is 0.121. The Kier molecular flexibility index (Phi) is 6.66. The van der Waals surface area contributed by atoms with E-state index in [0.717, 1.165) is 18.2 Å². The second-order valence-electron chi connectivity index (χ2n) is 11.3. The average Bonchev–Trinajstić information content (AvgIpc) is 3.57. The van der Waals surface area contributed by atoms with Crippen molar-refractivity contribution in [3.63, 3.8) is 0 Å². The number of allylic oxidation sites excluding steroid dienone is 2. The van der Waals surface area contributed by atoms with Gasteiger partial charge in [0.2, 0.25) is 5.78 Å². The van der Waals surface area contributed by atoms with Gasteiger partial charge < -0.3 is 30.8 Å².